The number of hydrogen-bond acceptors (Lipinski definition) is 3. The van der Waals surface area contributed by atoms with E-state index in [-0.39, 0.29) is 12.0 Å². The molecule has 23 heavy (non-hydrogen) atoms. The first-order chi connectivity index (χ1) is 10.8. The lowest BCUT2D eigenvalue weighted by molar-refractivity contribution is -0.139. The van der Waals surface area contributed by atoms with Crippen molar-refractivity contribution in [2.75, 3.05) is 0 Å². The molecule has 2 N–H and O–H groups in total. The van der Waals surface area contributed by atoms with Crippen LogP contribution >= 0.6 is 15.9 Å². The Balaban J connectivity index is 2.08. The van der Waals surface area contributed by atoms with Gasteiger partial charge in [-0.3, -0.25) is 15.0 Å². The summed E-state index contributed by atoms with van der Waals surface area (Å²) >= 11 is 3.13. The van der Waals surface area contributed by atoms with Crippen LogP contribution in [-0.4, -0.2) is 28.4 Å². The fourth-order valence-electron chi connectivity index (χ4n) is 2.45. The molecule has 4 amide bonds. The van der Waals surface area contributed by atoms with Gasteiger partial charge >= 0.3 is 6.03 Å². The van der Waals surface area contributed by atoms with Crippen LogP contribution in [0.4, 0.5) is 9.18 Å². The predicted octanol–water partition coefficient (Wildman–Crippen LogP) is 2.27. The summed E-state index contributed by atoms with van der Waals surface area (Å²) in [5.41, 5.74) is 1.43. The van der Waals surface area contributed by atoms with Gasteiger partial charge in [-0.2, -0.15) is 5.01 Å². The summed E-state index contributed by atoms with van der Waals surface area (Å²) < 4.78 is 14.3. The van der Waals surface area contributed by atoms with Gasteiger partial charge in [-0.15, -0.1) is 0 Å². The van der Waals surface area contributed by atoms with Crippen LogP contribution in [0.15, 0.2) is 22.7 Å². The molecule has 1 aromatic carbocycles. The molecule has 0 saturated carbocycles. The van der Waals surface area contributed by atoms with Crippen LogP contribution in [0, 0.1) is 5.82 Å². The third kappa shape index (κ3) is 3.36. The van der Waals surface area contributed by atoms with Crippen molar-refractivity contribution in [3.63, 3.8) is 0 Å². The smallest absolute Gasteiger partial charge is 0.322 e. The van der Waals surface area contributed by atoms with E-state index in [1.54, 1.807) is 19.9 Å². The maximum atomic E-state index is 13.7. The Bertz CT molecular complexity index is 661. The van der Waals surface area contributed by atoms with Gasteiger partial charge in [0, 0.05) is 4.47 Å². The zero-order valence-corrected chi connectivity index (χ0v) is 14.4. The summed E-state index contributed by atoms with van der Waals surface area (Å²) in [5, 5.41) is 3.27. The summed E-state index contributed by atoms with van der Waals surface area (Å²) in [6.45, 7) is 3.56. The van der Waals surface area contributed by atoms with Crippen LogP contribution in [0.2, 0.25) is 0 Å². The van der Waals surface area contributed by atoms with Crippen LogP contribution < -0.4 is 10.7 Å². The van der Waals surface area contributed by atoms with Crippen molar-refractivity contribution >= 4 is 33.8 Å². The monoisotopic (exact) mass is 385 g/mol. The Kier molecular flexibility index (Phi) is 5.03. The normalized spacial score (nSPS) is 16.4. The van der Waals surface area contributed by atoms with E-state index in [0.29, 0.717) is 22.3 Å². The Morgan fingerprint density at radius 2 is 2.00 bits per heavy atom. The lowest BCUT2D eigenvalue weighted by Gasteiger charge is -2.23. The minimum absolute atomic E-state index is 0.176. The number of carbonyl (C=O) groups is 3. The fourth-order valence-corrected chi connectivity index (χ4v) is 2.79. The number of amides is 4. The van der Waals surface area contributed by atoms with Crippen molar-refractivity contribution in [1.29, 1.82) is 0 Å². The Hall–Kier alpha value is -1.96. The van der Waals surface area contributed by atoms with Crippen LogP contribution in [-0.2, 0) is 16.0 Å². The van der Waals surface area contributed by atoms with Crippen molar-refractivity contribution in [2.24, 2.45) is 0 Å². The molecule has 1 aromatic rings. The quantitative estimate of drug-likeness (QED) is 0.763. The van der Waals surface area contributed by atoms with Crippen LogP contribution in [0.5, 0.6) is 0 Å². The van der Waals surface area contributed by atoms with Gasteiger partial charge in [0.05, 0.1) is 6.42 Å². The zero-order valence-electron chi connectivity index (χ0n) is 12.8. The number of urea groups is 1. The van der Waals surface area contributed by atoms with Gasteiger partial charge in [-0.25, -0.2) is 9.18 Å². The molecule has 2 rings (SSSR count). The van der Waals surface area contributed by atoms with Crippen molar-refractivity contribution in [3.05, 3.63) is 34.1 Å². The van der Waals surface area contributed by atoms with Gasteiger partial charge < -0.3 is 5.32 Å². The van der Waals surface area contributed by atoms with Crippen LogP contribution in [0.1, 0.15) is 32.3 Å². The Labute approximate surface area is 141 Å². The molecule has 124 valence electrons. The third-order valence-electron chi connectivity index (χ3n) is 3.97. The molecular weight excluding hydrogens is 369 g/mol. The molecule has 1 heterocycles. The Morgan fingerprint density at radius 3 is 2.52 bits per heavy atom. The topological polar surface area (TPSA) is 78.5 Å². The number of nitrogens with zero attached hydrogens (tertiary/aromatic N) is 1. The van der Waals surface area contributed by atoms with Crippen LogP contribution in [0.25, 0.3) is 0 Å². The maximum Gasteiger partial charge on any atom is 0.344 e. The molecule has 0 aliphatic carbocycles. The lowest BCUT2D eigenvalue weighted by Crippen LogP contribution is -2.49. The largest absolute Gasteiger partial charge is 0.344 e. The van der Waals surface area contributed by atoms with E-state index >= 15 is 0 Å². The molecule has 1 saturated heterocycles. The van der Waals surface area contributed by atoms with Gasteiger partial charge in [0.15, 0.2) is 0 Å². The molecule has 0 aromatic heterocycles. The number of hydrogen-bond donors (Lipinski definition) is 2. The second-order valence-electron chi connectivity index (χ2n) is 5.31. The molecule has 1 fully saturated rings. The maximum absolute atomic E-state index is 13.7. The van der Waals surface area contributed by atoms with Crippen molar-refractivity contribution in [2.45, 2.75) is 38.6 Å². The highest BCUT2D eigenvalue weighted by Gasteiger charge is 2.49. The third-order valence-corrected chi connectivity index (χ3v) is 4.46. The number of halogens is 2. The first-order valence-corrected chi connectivity index (χ1v) is 8.02. The van der Waals surface area contributed by atoms with E-state index in [1.165, 1.54) is 12.1 Å². The molecule has 0 radical (unpaired) electrons. The molecule has 0 spiro atoms. The molecule has 1 aliphatic rings. The van der Waals surface area contributed by atoms with Crippen LogP contribution in [0.3, 0.4) is 0 Å². The second kappa shape index (κ2) is 6.66. The molecule has 0 bridgehead atoms. The van der Waals surface area contributed by atoms with Crippen molar-refractivity contribution in [1.82, 2.24) is 15.8 Å². The average Bonchev–Trinajstić information content (AvgIpc) is 2.75. The number of nitrogens with one attached hydrogen (secondary N) is 2. The SMILES string of the molecule is CCC1(CC)NC(=O)N(NC(=O)Cc2ccc(Br)cc2F)C1=O. The molecular formula is C15H17BrFN3O3. The Morgan fingerprint density at radius 1 is 1.35 bits per heavy atom. The van der Waals surface area contributed by atoms with E-state index in [9.17, 15) is 18.8 Å². The minimum Gasteiger partial charge on any atom is -0.322 e. The highest BCUT2D eigenvalue weighted by Crippen LogP contribution is 2.23. The number of carbonyl (C=O) groups excluding carboxylic acids is 3. The second-order valence-corrected chi connectivity index (χ2v) is 6.22. The van der Waals surface area contributed by atoms with Gasteiger partial charge in [0.25, 0.3) is 5.91 Å². The zero-order chi connectivity index (χ0) is 17.2. The van der Waals surface area contributed by atoms with Gasteiger partial charge in [-0.05, 0) is 30.5 Å². The van der Waals surface area contributed by atoms with E-state index in [1.807, 2.05) is 0 Å². The molecule has 1 aliphatic heterocycles. The fraction of sp³-hybridized carbons (Fsp3) is 0.400. The van der Waals surface area contributed by atoms with Gasteiger partial charge in [0.1, 0.15) is 11.4 Å². The van der Waals surface area contributed by atoms with Gasteiger partial charge in [-0.1, -0.05) is 35.8 Å². The summed E-state index contributed by atoms with van der Waals surface area (Å²) in [5.74, 6) is -1.68. The van der Waals surface area contributed by atoms with E-state index in [2.05, 4.69) is 26.7 Å². The van der Waals surface area contributed by atoms with Gasteiger partial charge in [0.2, 0.25) is 5.91 Å². The molecule has 6 nitrogen and oxygen atoms in total. The van der Waals surface area contributed by atoms with E-state index < -0.39 is 29.2 Å². The summed E-state index contributed by atoms with van der Waals surface area (Å²) in [6.07, 6.45) is 0.561. The van der Waals surface area contributed by atoms with E-state index in [4.69, 9.17) is 0 Å². The minimum atomic E-state index is -0.993. The summed E-state index contributed by atoms with van der Waals surface area (Å²) in [4.78, 5) is 36.3. The molecule has 0 unspecified atom stereocenters. The first-order valence-electron chi connectivity index (χ1n) is 7.23. The summed E-state index contributed by atoms with van der Waals surface area (Å²) in [7, 11) is 0. The van der Waals surface area contributed by atoms with Crippen molar-refractivity contribution in [3.8, 4) is 0 Å². The molecule has 8 heteroatoms. The standard InChI is InChI=1S/C15H17BrFN3O3/c1-3-15(4-2)13(22)20(14(23)18-15)19-12(21)7-9-5-6-10(16)8-11(9)17/h5-6,8H,3-4,7H2,1-2H3,(H,18,23)(H,19,21). The number of imide groups is 1. The lowest BCUT2D eigenvalue weighted by atomic mass is 9.93. The number of benzene rings is 1. The first kappa shape index (κ1) is 17.4. The highest BCUT2D eigenvalue weighted by molar-refractivity contribution is 9.10. The average molecular weight is 386 g/mol. The molecule has 0 atom stereocenters. The predicted molar refractivity (Wildman–Crippen MR) is 84.6 cm³/mol. The summed E-state index contributed by atoms with van der Waals surface area (Å²) in [6, 6.07) is 3.64. The van der Waals surface area contributed by atoms with E-state index in [0.717, 1.165) is 0 Å². The highest BCUT2D eigenvalue weighted by atomic mass is 79.9. The number of rotatable bonds is 5. The van der Waals surface area contributed by atoms with Crippen molar-refractivity contribution < 1.29 is 18.8 Å². The number of hydrazine groups is 1.